The predicted octanol–water partition coefficient (Wildman–Crippen LogP) is 2.54. The van der Waals surface area contributed by atoms with Gasteiger partial charge in [-0.15, -0.1) is 0 Å². The Kier molecular flexibility index (Phi) is 3.85. The quantitative estimate of drug-likeness (QED) is 0.873. The first kappa shape index (κ1) is 11.9. The Balaban J connectivity index is 1.83. The van der Waals surface area contributed by atoms with E-state index in [0.29, 0.717) is 5.92 Å². The van der Waals surface area contributed by atoms with Crippen molar-refractivity contribution >= 4 is 11.6 Å². The highest BCUT2D eigenvalue weighted by molar-refractivity contribution is 6.31. The van der Waals surface area contributed by atoms with Crippen molar-refractivity contribution in [2.75, 3.05) is 13.6 Å². The second-order valence-electron chi connectivity index (χ2n) is 4.78. The largest absolute Gasteiger partial charge is 0.393 e. The molecule has 0 radical (unpaired) electrons. The smallest absolute Gasteiger partial charge is 0.0546 e. The summed E-state index contributed by atoms with van der Waals surface area (Å²) in [5.41, 5.74) is 1.17. The van der Waals surface area contributed by atoms with Gasteiger partial charge < -0.3 is 10.0 Å². The van der Waals surface area contributed by atoms with Gasteiger partial charge in [0.05, 0.1) is 6.10 Å². The molecule has 1 aromatic rings. The summed E-state index contributed by atoms with van der Waals surface area (Å²) in [6.45, 7) is 1.93. The molecule has 16 heavy (non-hydrogen) atoms. The third-order valence-electron chi connectivity index (χ3n) is 3.18. The zero-order valence-corrected chi connectivity index (χ0v) is 10.3. The molecule has 1 saturated carbocycles. The summed E-state index contributed by atoms with van der Waals surface area (Å²) in [5, 5.41) is 10.1. The minimum Gasteiger partial charge on any atom is -0.393 e. The lowest BCUT2D eigenvalue weighted by Gasteiger charge is -2.34. The van der Waals surface area contributed by atoms with Crippen molar-refractivity contribution in [1.82, 2.24) is 4.90 Å². The first-order valence-electron chi connectivity index (χ1n) is 5.75. The maximum atomic E-state index is 9.23. The van der Waals surface area contributed by atoms with Gasteiger partial charge in [-0.3, -0.25) is 0 Å². The summed E-state index contributed by atoms with van der Waals surface area (Å²) in [6, 6.07) is 7.96. The molecule has 0 bridgehead atoms. The Morgan fingerprint density at radius 1 is 1.38 bits per heavy atom. The van der Waals surface area contributed by atoms with Crippen molar-refractivity contribution in [3.05, 3.63) is 34.9 Å². The minimum absolute atomic E-state index is 0.0567. The molecule has 0 atom stereocenters. The summed E-state index contributed by atoms with van der Waals surface area (Å²) in [5.74, 6) is 0.655. The first-order chi connectivity index (χ1) is 7.65. The summed E-state index contributed by atoms with van der Waals surface area (Å²) in [7, 11) is 2.11. The van der Waals surface area contributed by atoms with Crippen LogP contribution in [-0.2, 0) is 6.54 Å². The van der Waals surface area contributed by atoms with Gasteiger partial charge in [0.2, 0.25) is 0 Å². The molecule has 0 unspecified atom stereocenters. The topological polar surface area (TPSA) is 23.5 Å². The second-order valence-corrected chi connectivity index (χ2v) is 5.19. The number of hydrogen-bond donors (Lipinski definition) is 1. The van der Waals surface area contributed by atoms with E-state index in [1.54, 1.807) is 0 Å². The lowest BCUT2D eigenvalue weighted by atomic mass is 9.82. The van der Waals surface area contributed by atoms with Gasteiger partial charge in [-0.25, -0.2) is 0 Å². The fourth-order valence-corrected chi connectivity index (χ4v) is 2.47. The highest BCUT2D eigenvalue weighted by Crippen LogP contribution is 2.28. The molecule has 2 nitrogen and oxygen atoms in total. The average Bonchev–Trinajstić information content (AvgIpc) is 2.19. The average molecular weight is 240 g/mol. The van der Waals surface area contributed by atoms with E-state index in [9.17, 15) is 5.11 Å². The highest BCUT2D eigenvalue weighted by Gasteiger charge is 2.27. The van der Waals surface area contributed by atoms with Crippen molar-refractivity contribution in [2.24, 2.45) is 5.92 Å². The van der Waals surface area contributed by atoms with Crippen molar-refractivity contribution in [1.29, 1.82) is 0 Å². The predicted molar refractivity (Wildman–Crippen MR) is 66.5 cm³/mol. The fraction of sp³-hybridized carbons (Fsp3) is 0.538. The maximum absolute atomic E-state index is 9.23. The molecule has 0 amide bonds. The number of benzene rings is 1. The lowest BCUT2D eigenvalue weighted by molar-refractivity contribution is 0.0274. The molecular formula is C13H18ClNO. The molecule has 3 heteroatoms. The van der Waals surface area contributed by atoms with Crippen LogP contribution in [0.4, 0.5) is 0 Å². The van der Waals surface area contributed by atoms with Gasteiger partial charge in [0, 0.05) is 18.1 Å². The van der Waals surface area contributed by atoms with E-state index in [0.717, 1.165) is 31.0 Å². The van der Waals surface area contributed by atoms with Gasteiger partial charge in [0.15, 0.2) is 0 Å². The number of aliphatic hydroxyl groups excluding tert-OH is 1. The molecule has 88 valence electrons. The van der Waals surface area contributed by atoms with Crippen LogP contribution >= 0.6 is 11.6 Å². The van der Waals surface area contributed by atoms with Crippen LogP contribution in [0, 0.1) is 5.92 Å². The normalized spacial score (nSPS) is 24.5. The molecule has 1 aliphatic carbocycles. The summed E-state index contributed by atoms with van der Waals surface area (Å²) >= 11 is 6.11. The van der Waals surface area contributed by atoms with E-state index in [4.69, 9.17) is 11.6 Å². The van der Waals surface area contributed by atoms with Crippen molar-refractivity contribution in [3.63, 3.8) is 0 Å². The second kappa shape index (κ2) is 5.17. The van der Waals surface area contributed by atoms with Crippen molar-refractivity contribution < 1.29 is 5.11 Å². The number of rotatable bonds is 4. The van der Waals surface area contributed by atoms with Crippen LogP contribution in [0.2, 0.25) is 5.02 Å². The molecule has 0 saturated heterocycles. The Hall–Kier alpha value is -0.570. The van der Waals surface area contributed by atoms with E-state index in [-0.39, 0.29) is 6.10 Å². The molecule has 0 aromatic heterocycles. The van der Waals surface area contributed by atoms with Crippen LogP contribution in [0.15, 0.2) is 24.3 Å². The Labute approximate surface area is 102 Å². The fourth-order valence-electron chi connectivity index (χ4n) is 2.27. The molecule has 2 rings (SSSR count). The number of aliphatic hydroxyl groups is 1. The first-order valence-corrected chi connectivity index (χ1v) is 6.13. The zero-order valence-electron chi connectivity index (χ0n) is 9.56. The summed E-state index contributed by atoms with van der Waals surface area (Å²) in [6.07, 6.45) is 1.85. The van der Waals surface area contributed by atoms with Crippen molar-refractivity contribution in [3.8, 4) is 0 Å². The standard InChI is InChI=1S/C13H18ClNO/c1-15(8-10-6-12(16)7-10)9-11-4-2-3-5-13(11)14/h2-5,10,12,16H,6-9H2,1H3. The van der Waals surface area contributed by atoms with Crippen LogP contribution in [-0.4, -0.2) is 29.7 Å². The van der Waals surface area contributed by atoms with Crippen LogP contribution in [0.5, 0.6) is 0 Å². The molecule has 1 fully saturated rings. The van der Waals surface area contributed by atoms with Gasteiger partial charge in [-0.2, -0.15) is 0 Å². The molecule has 1 aromatic carbocycles. The Morgan fingerprint density at radius 3 is 2.69 bits per heavy atom. The van der Waals surface area contributed by atoms with Crippen LogP contribution < -0.4 is 0 Å². The SMILES string of the molecule is CN(Cc1ccccc1Cl)CC1CC(O)C1. The van der Waals surface area contributed by atoms with E-state index in [1.807, 2.05) is 18.2 Å². The molecule has 0 aliphatic heterocycles. The number of hydrogen-bond acceptors (Lipinski definition) is 2. The number of nitrogens with zero attached hydrogens (tertiary/aromatic N) is 1. The van der Waals surface area contributed by atoms with E-state index in [1.165, 1.54) is 5.56 Å². The summed E-state index contributed by atoms with van der Waals surface area (Å²) in [4.78, 5) is 2.28. The van der Waals surface area contributed by atoms with E-state index in [2.05, 4.69) is 18.0 Å². The maximum Gasteiger partial charge on any atom is 0.0546 e. The van der Waals surface area contributed by atoms with Gasteiger partial charge in [-0.05, 0) is 37.4 Å². The highest BCUT2D eigenvalue weighted by atomic mass is 35.5. The Morgan fingerprint density at radius 2 is 2.06 bits per heavy atom. The molecule has 0 spiro atoms. The van der Waals surface area contributed by atoms with Crippen molar-refractivity contribution in [2.45, 2.75) is 25.5 Å². The van der Waals surface area contributed by atoms with Crippen LogP contribution in [0.1, 0.15) is 18.4 Å². The van der Waals surface area contributed by atoms with E-state index < -0.39 is 0 Å². The van der Waals surface area contributed by atoms with Gasteiger partial charge in [0.25, 0.3) is 0 Å². The summed E-state index contributed by atoms with van der Waals surface area (Å²) < 4.78 is 0. The van der Waals surface area contributed by atoms with Gasteiger partial charge in [0.1, 0.15) is 0 Å². The lowest BCUT2D eigenvalue weighted by Crippen LogP contribution is -2.36. The Bertz CT molecular complexity index is 350. The molecule has 1 N–H and O–H groups in total. The van der Waals surface area contributed by atoms with Crippen LogP contribution in [0.25, 0.3) is 0 Å². The van der Waals surface area contributed by atoms with Crippen LogP contribution in [0.3, 0.4) is 0 Å². The molecule has 1 aliphatic rings. The molecule has 0 heterocycles. The zero-order chi connectivity index (χ0) is 11.5. The van der Waals surface area contributed by atoms with Gasteiger partial charge in [-0.1, -0.05) is 29.8 Å². The number of halogens is 1. The third kappa shape index (κ3) is 2.97. The van der Waals surface area contributed by atoms with Gasteiger partial charge >= 0.3 is 0 Å². The van der Waals surface area contributed by atoms with E-state index >= 15 is 0 Å². The molecular weight excluding hydrogens is 222 g/mol. The third-order valence-corrected chi connectivity index (χ3v) is 3.55. The monoisotopic (exact) mass is 239 g/mol. The minimum atomic E-state index is -0.0567.